The number of benzene rings is 1. The molecule has 17 heavy (non-hydrogen) atoms. The van der Waals surface area contributed by atoms with Crippen LogP contribution in [0, 0.1) is 11.8 Å². The van der Waals surface area contributed by atoms with Crippen LogP contribution in [-0.2, 0) is 0 Å². The van der Waals surface area contributed by atoms with E-state index in [1.165, 1.54) is 0 Å². The average molecular weight is 299 g/mol. The Morgan fingerprint density at radius 1 is 1.41 bits per heavy atom. The van der Waals surface area contributed by atoms with Gasteiger partial charge in [-0.05, 0) is 30.0 Å². The molecule has 0 aliphatic rings. The van der Waals surface area contributed by atoms with E-state index in [1.54, 1.807) is 12.1 Å². The van der Waals surface area contributed by atoms with Crippen LogP contribution in [0.4, 0.5) is 5.69 Å². The number of nitrogen functional groups attached to an aromatic ring is 1. The van der Waals surface area contributed by atoms with Crippen molar-refractivity contribution < 1.29 is 4.79 Å². The highest BCUT2D eigenvalue weighted by Gasteiger charge is 2.12. The van der Waals surface area contributed by atoms with Crippen LogP contribution < -0.4 is 11.1 Å². The summed E-state index contributed by atoms with van der Waals surface area (Å²) in [5.41, 5.74) is 6.80. The van der Waals surface area contributed by atoms with Crippen LogP contribution in [0.2, 0.25) is 0 Å². The third-order valence-electron chi connectivity index (χ3n) is 2.98. The highest BCUT2D eigenvalue weighted by Crippen LogP contribution is 2.18. The van der Waals surface area contributed by atoms with Crippen molar-refractivity contribution in [2.24, 2.45) is 11.8 Å². The zero-order valence-corrected chi connectivity index (χ0v) is 12.0. The summed E-state index contributed by atoms with van der Waals surface area (Å²) in [6.07, 6.45) is 0. The summed E-state index contributed by atoms with van der Waals surface area (Å²) in [4.78, 5) is 11.9. The van der Waals surface area contributed by atoms with Crippen molar-refractivity contribution in [3.05, 3.63) is 28.2 Å². The molecule has 1 amide bonds. The summed E-state index contributed by atoms with van der Waals surface area (Å²) < 4.78 is 0.855. The number of amides is 1. The van der Waals surface area contributed by atoms with Crippen molar-refractivity contribution in [2.75, 3.05) is 12.3 Å². The van der Waals surface area contributed by atoms with Crippen LogP contribution in [0.25, 0.3) is 0 Å². The summed E-state index contributed by atoms with van der Waals surface area (Å²) in [5, 5.41) is 2.91. The summed E-state index contributed by atoms with van der Waals surface area (Å²) in [5.74, 6) is 0.888. The van der Waals surface area contributed by atoms with Crippen molar-refractivity contribution >= 4 is 27.5 Å². The molecule has 4 heteroatoms. The molecule has 1 atom stereocenters. The first-order valence-corrected chi connectivity index (χ1v) is 6.54. The van der Waals surface area contributed by atoms with Gasteiger partial charge in [0.2, 0.25) is 0 Å². The Bertz CT molecular complexity index is 404. The number of anilines is 1. The smallest absolute Gasteiger partial charge is 0.253 e. The fourth-order valence-corrected chi connectivity index (χ4v) is 1.67. The average Bonchev–Trinajstić information content (AvgIpc) is 2.28. The number of hydrogen-bond donors (Lipinski definition) is 2. The Kier molecular flexibility index (Phi) is 5.00. The largest absolute Gasteiger partial charge is 0.398 e. The molecule has 0 heterocycles. The lowest BCUT2D eigenvalue weighted by Crippen LogP contribution is -2.30. The molecule has 1 unspecified atom stereocenters. The standard InChI is InChI=1S/C13H19BrN2O/c1-8(2)9(3)7-16-13(17)11-6-10(14)4-5-12(11)15/h4-6,8-9H,7,15H2,1-3H3,(H,16,17). The third-order valence-corrected chi connectivity index (χ3v) is 3.48. The van der Waals surface area contributed by atoms with E-state index in [-0.39, 0.29) is 5.91 Å². The van der Waals surface area contributed by atoms with Crippen molar-refractivity contribution in [1.29, 1.82) is 0 Å². The van der Waals surface area contributed by atoms with Crippen LogP contribution in [0.3, 0.4) is 0 Å². The van der Waals surface area contributed by atoms with Crippen molar-refractivity contribution in [1.82, 2.24) is 5.32 Å². The minimum atomic E-state index is -0.115. The molecule has 0 aliphatic heterocycles. The van der Waals surface area contributed by atoms with Gasteiger partial charge in [-0.3, -0.25) is 4.79 Å². The highest BCUT2D eigenvalue weighted by atomic mass is 79.9. The molecular formula is C13H19BrN2O. The zero-order chi connectivity index (χ0) is 13.0. The van der Waals surface area contributed by atoms with Crippen molar-refractivity contribution in [3.63, 3.8) is 0 Å². The third kappa shape index (κ3) is 4.04. The van der Waals surface area contributed by atoms with Gasteiger partial charge in [0, 0.05) is 16.7 Å². The summed E-state index contributed by atoms with van der Waals surface area (Å²) in [6, 6.07) is 5.29. The quantitative estimate of drug-likeness (QED) is 0.840. The number of rotatable bonds is 4. The van der Waals surface area contributed by atoms with Crippen LogP contribution in [0.5, 0.6) is 0 Å². The molecule has 3 nitrogen and oxygen atoms in total. The molecule has 0 aromatic heterocycles. The van der Waals surface area contributed by atoms with Crippen LogP contribution in [0.1, 0.15) is 31.1 Å². The van der Waals surface area contributed by atoms with Gasteiger partial charge < -0.3 is 11.1 Å². The second kappa shape index (κ2) is 6.05. The lowest BCUT2D eigenvalue weighted by Gasteiger charge is -2.16. The van der Waals surface area contributed by atoms with E-state index in [1.807, 2.05) is 6.07 Å². The Labute approximate surface area is 111 Å². The minimum Gasteiger partial charge on any atom is -0.398 e. The molecule has 1 aromatic carbocycles. The van der Waals surface area contributed by atoms with Crippen LogP contribution >= 0.6 is 15.9 Å². The van der Waals surface area contributed by atoms with E-state index >= 15 is 0 Å². The second-order valence-corrected chi connectivity index (χ2v) is 5.58. The molecule has 0 fully saturated rings. The highest BCUT2D eigenvalue weighted by molar-refractivity contribution is 9.10. The van der Waals surface area contributed by atoms with Gasteiger partial charge in [0.25, 0.3) is 5.91 Å². The monoisotopic (exact) mass is 298 g/mol. The fraction of sp³-hybridized carbons (Fsp3) is 0.462. The maximum atomic E-state index is 11.9. The summed E-state index contributed by atoms with van der Waals surface area (Å²) in [7, 11) is 0. The van der Waals surface area contributed by atoms with Gasteiger partial charge in [-0.25, -0.2) is 0 Å². The van der Waals surface area contributed by atoms with E-state index in [0.29, 0.717) is 29.6 Å². The SMILES string of the molecule is CC(C)C(C)CNC(=O)c1cc(Br)ccc1N. The first-order chi connectivity index (χ1) is 7.91. The van der Waals surface area contributed by atoms with E-state index in [9.17, 15) is 4.79 Å². The van der Waals surface area contributed by atoms with Gasteiger partial charge in [-0.1, -0.05) is 36.7 Å². The Morgan fingerprint density at radius 3 is 2.65 bits per heavy atom. The molecule has 94 valence electrons. The molecule has 1 aromatic rings. The van der Waals surface area contributed by atoms with Crippen LogP contribution in [0.15, 0.2) is 22.7 Å². The van der Waals surface area contributed by atoms with Gasteiger partial charge in [-0.2, -0.15) is 0 Å². The molecular weight excluding hydrogens is 280 g/mol. The number of nitrogens with two attached hydrogens (primary N) is 1. The Balaban J connectivity index is 2.67. The molecule has 0 saturated heterocycles. The fourth-order valence-electron chi connectivity index (χ4n) is 1.31. The maximum Gasteiger partial charge on any atom is 0.253 e. The van der Waals surface area contributed by atoms with Crippen molar-refractivity contribution in [3.8, 4) is 0 Å². The maximum absolute atomic E-state index is 11.9. The predicted molar refractivity (Wildman–Crippen MR) is 74.9 cm³/mol. The molecule has 0 spiro atoms. The lowest BCUT2D eigenvalue weighted by atomic mass is 9.98. The van der Waals surface area contributed by atoms with E-state index < -0.39 is 0 Å². The topological polar surface area (TPSA) is 55.1 Å². The Morgan fingerprint density at radius 2 is 2.06 bits per heavy atom. The first-order valence-electron chi connectivity index (χ1n) is 5.75. The summed E-state index contributed by atoms with van der Waals surface area (Å²) in [6.45, 7) is 7.08. The number of carbonyl (C=O) groups is 1. The van der Waals surface area contributed by atoms with Crippen LogP contribution in [-0.4, -0.2) is 12.5 Å². The number of carbonyl (C=O) groups excluding carboxylic acids is 1. The van der Waals surface area contributed by atoms with Gasteiger partial charge in [-0.15, -0.1) is 0 Å². The first kappa shape index (κ1) is 14.0. The number of nitrogens with one attached hydrogen (secondary N) is 1. The zero-order valence-electron chi connectivity index (χ0n) is 10.5. The molecule has 1 rings (SSSR count). The molecule has 0 saturated carbocycles. The minimum absolute atomic E-state index is 0.115. The molecule has 3 N–H and O–H groups in total. The van der Waals surface area contributed by atoms with Gasteiger partial charge >= 0.3 is 0 Å². The van der Waals surface area contributed by atoms with E-state index in [2.05, 4.69) is 42.0 Å². The van der Waals surface area contributed by atoms with E-state index in [0.717, 1.165) is 4.47 Å². The second-order valence-electron chi connectivity index (χ2n) is 4.66. The normalized spacial score (nSPS) is 12.5. The molecule has 0 bridgehead atoms. The Hall–Kier alpha value is -1.03. The molecule has 0 radical (unpaired) electrons. The van der Waals surface area contributed by atoms with Gasteiger partial charge in [0.15, 0.2) is 0 Å². The van der Waals surface area contributed by atoms with E-state index in [4.69, 9.17) is 5.73 Å². The number of halogens is 1. The molecule has 0 aliphatic carbocycles. The summed E-state index contributed by atoms with van der Waals surface area (Å²) >= 11 is 3.33. The lowest BCUT2D eigenvalue weighted by molar-refractivity contribution is 0.0946. The van der Waals surface area contributed by atoms with Gasteiger partial charge in [0.1, 0.15) is 0 Å². The predicted octanol–water partition coefficient (Wildman–Crippen LogP) is 3.05. The number of hydrogen-bond acceptors (Lipinski definition) is 2. The van der Waals surface area contributed by atoms with Crippen molar-refractivity contribution in [2.45, 2.75) is 20.8 Å². The van der Waals surface area contributed by atoms with Gasteiger partial charge in [0.05, 0.1) is 5.56 Å².